The third-order valence-electron chi connectivity index (χ3n) is 3.71. The van der Waals surface area contributed by atoms with Crippen LogP contribution in [0.2, 0.25) is 0 Å². The maximum atomic E-state index is 12.0. The number of unbranched alkanes of at least 4 members (excludes halogenated alkanes) is 2. The number of hydrogen-bond donors (Lipinski definition) is 0. The molecule has 0 unspecified atom stereocenters. The molecule has 21 heavy (non-hydrogen) atoms. The largest absolute Gasteiger partial charge is 0.336 e. The van der Waals surface area contributed by atoms with Crippen LogP contribution in [-0.4, -0.2) is 10.7 Å². The number of rotatable bonds is 5. The molecule has 0 spiro atoms. The minimum atomic E-state index is -0.171. The molecule has 0 atom stereocenters. The summed E-state index contributed by atoms with van der Waals surface area (Å²) in [4.78, 5) is 17.6. The molecule has 108 valence electrons. The van der Waals surface area contributed by atoms with Gasteiger partial charge >= 0.3 is 5.97 Å². The van der Waals surface area contributed by atoms with Crippen molar-refractivity contribution in [1.82, 2.24) is 4.73 Å². The van der Waals surface area contributed by atoms with E-state index in [0.29, 0.717) is 6.42 Å². The van der Waals surface area contributed by atoms with Gasteiger partial charge in [0.15, 0.2) is 0 Å². The molecule has 0 amide bonds. The van der Waals surface area contributed by atoms with Crippen molar-refractivity contribution in [3.8, 4) is 0 Å². The van der Waals surface area contributed by atoms with E-state index in [9.17, 15) is 4.79 Å². The van der Waals surface area contributed by atoms with Gasteiger partial charge < -0.3 is 4.84 Å². The van der Waals surface area contributed by atoms with Gasteiger partial charge in [-0.15, -0.1) is 0 Å². The summed E-state index contributed by atoms with van der Waals surface area (Å²) in [5, 5.41) is 2.21. The third-order valence-corrected chi connectivity index (χ3v) is 3.71. The lowest BCUT2D eigenvalue weighted by molar-refractivity contribution is -0.143. The third kappa shape index (κ3) is 2.64. The second-order valence-electron chi connectivity index (χ2n) is 5.25. The molecule has 0 aliphatic carbocycles. The van der Waals surface area contributed by atoms with Crippen LogP contribution in [0.15, 0.2) is 48.5 Å². The Balaban J connectivity index is 1.98. The highest BCUT2D eigenvalue weighted by Crippen LogP contribution is 2.27. The Labute approximate surface area is 124 Å². The molecule has 3 aromatic rings. The molecule has 0 aliphatic rings. The van der Waals surface area contributed by atoms with Crippen LogP contribution in [0.25, 0.3) is 21.8 Å². The second kappa shape index (κ2) is 6.00. The smallest absolute Gasteiger partial charge is 0.332 e. The zero-order chi connectivity index (χ0) is 14.7. The first-order valence-electron chi connectivity index (χ1n) is 7.50. The van der Waals surface area contributed by atoms with Gasteiger partial charge in [0.05, 0.1) is 11.0 Å². The predicted octanol–water partition coefficient (Wildman–Crippen LogP) is 4.33. The lowest BCUT2D eigenvalue weighted by atomic mass is 10.2. The number of fused-ring (bicyclic) bond motifs is 3. The van der Waals surface area contributed by atoms with E-state index in [1.165, 1.54) is 0 Å². The van der Waals surface area contributed by atoms with Crippen molar-refractivity contribution in [2.75, 3.05) is 0 Å². The molecule has 0 radical (unpaired) electrons. The van der Waals surface area contributed by atoms with Crippen molar-refractivity contribution in [1.29, 1.82) is 0 Å². The van der Waals surface area contributed by atoms with Crippen molar-refractivity contribution in [3.05, 3.63) is 48.5 Å². The summed E-state index contributed by atoms with van der Waals surface area (Å²) in [6.45, 7) is 2.12. The normalized spacial score (nSPS) is 11.1. The van der Waals surface area contributed by atoms with Gasteiger partial charge in [0.2, 0.25) is 0 Å². The number of benzene rings is 2. The van der Waals surface area contributed by atoms with Crippen molar-refractivity contribution in [2.45, 2.75) is 32.6 Å². The van der Waals surface area contributed by atoms with Crippen molar-refractivity contribution < 1.29 is 9.63 Å². The Morgan fingerprint density at radius 1 is 0.952 bits per heavy atom. The molecule has 0 bridgehead atoms. The van der Waals surface area contributed by atoms with E-state index >= 15 is 0 Å². The summed E-state index contributed by atoms with van der Waals surface area (Å²) in [7, 11) is 0. The van der Waals surface area contributed by atoms with Crippen molar-refractivity contribution >= 4 is 27.8 Å². The van der Waals surface area contributed by atoms with E-state index in [1.807, 2.05) is 36.4 Å². The summed E-state index contributed by atoms with van der Waals surface area (Å²) < 4.78 is 1.67. The minimum absolute atomic E-state index is 0.171. The zero-order valence-electron chi connectivity index (χ0n) is 12.2. The van der Waals surface area contributed by atoms with E-state index in [0.717, 1.165) is 41.1 Å². The summed E-state index contributed by atoms with van der Waals surface area (Å²) in [5.74, 6) is -0.171. The molecule has 0 N–H and O–H groups in total. The Bertz CT molecular complexity index is 720. The van der Waals surface area contributed by atoms with E-state index in [1.54, 1.807) is 4.73 Å². The fourth-order valence-corrected chi connectivity index (χ4v) is 2.65. The maximum Gasteiger partial charge on any atom is 0.332 e. The van der Waals surface area contributed by atoms with Gasteiger partial charge in [-0.05, 0) is 18.6 Å². The minimum Gasteiger partial charge on any atom is -0.336 e. The molecule has 1 aromatic heterocycles. The average Bonchev–Trinajstić information content (AvgIpc) is 2.83. The number of carbonyl (C=O) groups is 1. The summed E-state index contributed by atoms with van der Waals surface area (Å²) in [6, 6.07) is 16.0. The number of para-hydroxylation sites is 2. The van der Waals surface area contributed by atoms with E-state index in [4.69, 9.17) is 4.84 Å². The second-order valence-corrected chi connectivity index (χ2v) is 5.25. The van der Waals surface area contributed by atoms with Gasteiger partial charge in [-0.2, -0.15) is 4.73 Å². The lowest BCUT2D eigenvalue weighted by Crippen LogP contribution is -2.19. The Morgan fingerprint density at radius 3 is 2.10 bits per heavy atom. The first-order chi connectivity index (χ1) is 10.3. The molecule has 3 rings (SSSR count). The average molecular weight is 281 g/mol. The van der Waals surface area contributed by atoms with Gasteiger partial charge in [-0.25, -0.2) is 4.79 Å². The SMILES string of the molecule is CCCCCC(=O)On1c2ccccc2c2ccccc21. The molecule has 1 heterocycles. The highest BCUT2D eigenvalue weighted by atomic mass is 16.7. The Morgan fingerprint density at radius 2 is 1.52 bits per heavy atom. The topological polar surface area (TPSA) is 31.2 Å². The van der Waals surface area contributed by atoms with Crippen LogP contribution in [0.4, 0.5) is 0 Å². The number of hydrogen-bond acceptors (Lipinski definition) is 2. The standard InChI is InChI=1S/C18H19NO2/c1-2-3-4-13-18(20)21-19-16-11-7-5-9-14(16)15-10-6-8-12-17(15)19/h5-12H,2-4,13H2,1H3. The van der Waals surface area contributed by atoms with Crippen LogP contribution >= 0.6 is 0 Å². The van der Waals surface area contributed by atoms with Gasteiger partial charge in [0, 0.05) is 17.2 Å². The Hall–Kier alpha value is -2.29. The summed E-state index contributed by atoms with van der Waals surface area (Å²) >= 11 is 0. The highest BCUT2D eigenvalue weighted by Gasteiger charge is 2.13. The molecule has 0 aliphatic heterocycles. The van der Waals surface area contributed by atoms with Crippen LogP contribution in [0.1, 0.15) is 32.6 Å². The van der Waals surface area contributed by atoms with Gasteiger partial charge in [-0.3, -0.25) is 0 Å². The van der Waals surface area contributed by atoms with Crippen LogP contribution in [-0.2, 0) is 4.79 Å². The number of nitrogens with zero attached hydrogens (tertiary/aromatic N) is 1. The fourth-order valence-electron chi connectivity index (χ4n) is 2.65. The monoisotopic (exact) mass is 281 g/mol. The summed E-state index contributed by atoms with van der Waals surface area (Å²) in [6.07, 6.45) is 3.51. The molecule has 0 saturated carbocycles. The molecule has 3 nitrogen and oxygen atoms in total. The van der Waals surface area contributed by atoms with E-state index in [-0.39, 0.29) is 5.97 Å². The summed E-state index contributed by atoms with van der Waals surface area (Å²) in [5.41, 5.74) is 1.87. The molecular formula is C18H19NO2. The van der Waals surface area contributed by atoms with Gasteiger partial charge in [-0.1, -0.05) is 56.2 Å². The van der Waals surface area contributed by atoms with Crippen LogP contribution < -0.4 is 4.84 Å². The fraction of sp³-hybridized carbons (Fsp3) is 0.278. The lowest BCUT2D eigenvalue weighted by Gasteiger charge is -2.07. The molecule has 0 saturated heterocycles. The first kappa shape index (κ1) is 13.7. The number of carbonyl (C=O) groups excluding carboxylic acids is 1. The van der Waals surface area contributed by atoms with Crippen LogP contribution in [0.5, 0.6) is 0 Å². The van der Waals surface area contributed by atoms with Crippen LogP contribution in [0.3, 0.4) is 0 Å². The maximum absolute atomic E-state index is 12.0. The van der Waals surface area contributed by atoms with Crippen LogP contribution in [0, 0.1) is 0 Å². The van der Waals surface area contributed by atoms with Gasteiger partial charge in [0.25, 0.3) is 0 Å². The zero-order valence-corrected chi connectivity index (χ0v) is 12.2. The Kier molecular flexibility index (Phi) is 3.91. The number of aromatic nitrogens is 1. The molecule has 2 aromatic carbocycles. The van der Waals surface area contributed by atoms with E-state index < -0.39 is 0 Å². The molecular weight excluding hydrogens is 262 g/mol. The van der Waals surface area contributed by atoms with Gasteiger partial charge in [0.1, 0.15) is 0 Å². The first-order valence-corrected chi connectivity index (χ1v) is 7.50. The van der Waals surface area contributed by atoms with Crippen molar-refractivity contribution in [2.24, 2.45) is 0 Å². The highest BCUT2D eigenvalue weighted by molar-refractivity contribution is 6.07. The van der Waals surface area contributed by atoms with Crippen molar-refractivity contribution in [3.63, 3.8) is 0 Å². The predicted molar refractivity (Wildman–Crippen MR) is 85.2 cm³/mol. The van der Waals surface area contributed by atoms with E-state index in [2.05, 4.69) is 19.1 Å². The molecule has 0 fully saturated rings. The quantitative estimate of drug-likeness (QED) is 0.652. The molecule has 3 heteroatoms.